The Hall–Kier alpha value is -1.73. The van der Waals surface area contributed by atoms with Crippen LogP contribution in [0.4, 0.5) is 0 Å². The van der Waals surface area contributed by atoms with Gasteiger partial charge in [-0.05, 0) is 31.7 Å². The molecule has 1 N–H and O–H groups in total. The van der Waals surface area contributed by atoms with Gasteiger partial charge in [0.25, 0.3) is 0 Å². The fraction of sp³-hybridized carbons (Fsp3) is 0.500. The third-order valence-electron chi connectivity index (χ3n) is 3.21. The number of rotatable bonds is 6. The Labute approximate surface area is 127 Å². The average molecular weight is 309 g/mol. The van der Waals surface area contributed by atoms with E-state index < -0.39 is 11.6 Å². The highest BCUT2D eigenvalue weighted by atomic mass is 32.1. The van der Waals surface area contributed by atoms with Gasteiger partial charge >= 0.3 is 5.97 Å². The number of aliphatic hydroxyl groups is 1. The van der Waals surface area contributed by atoms with Crippen molar-refractivity contribution >= 4 is 17.3 Å². The Balaban J connectivity index is 2.45. The lowest BCUT2D eigenvalue weighted by molar-refractivity contribution is 0.0344. The highest BCUT2D eigenvalue weighted by molar-refractivity contribution is 7.13. The fourth-order valence-corrected chi connectivity index (χ4v) is 2.63. The molecule has 6 nitrogen and oxygen atoms in total. The molecule has 2 rings (SSSR count). The average Bonchev–Trinajstić information content (AvgIpc) is 3.07. The summed E-state index contributed by atoms with van der Waals surface area (Å²) in [5.41, 5.74) is -0.130. The van der Waals surface area contributed by atoms with Gasteiger partial charge < -0.3 is 9.84 Å². The molecule has 0 aliphatic rings. The number of ether oxygens (including phenoxy) is 1. The molecule has 0 aromatic carbocycles. The molecule has 1 atom stereocenters. The second kappa shape index (κ2) is 6.36. The number of carbonyl (C=O) groups excluding carboxylic acids is 1. The molecular formula is C14H19N3O3S. The van der Waals surface area contributed by atoms with Crippen LogP contribution in [0.15, 0.2) is 17.5 Å². The Morgan fingerprint density at radius 1 is 1.52 bits per heavy atom. The van der Waals surface area contributed by atoms with E-state index in [0.29, 0.717) is 12.1 Å². The number of hydrogen-bond acceptors (Lipinski definition) is 6. The standard InChI is InChI=1S/C14H19N3O3S/c1-4-14(3,19)9-17-12(10-7-6-8-21-10)11(15-16-17)13(18)20-5-2/h6-8,19H,4-5,9H2,1-3H3. The number of hydrogen-bond donors (Lipinski definition) is 1. The van der Waals surface area contributed by atoms with Gasteiger partial charge in [-0.1, -0.05) is 18.2 Å². The number of thiophene rings is 1. The molecule has 0 saturated carbocycles. The summed E-state index contributed by atoms with van der Waals surface area (Å²) in [7, 11) is 0. The zero-order valence-electron chi connectivity index (χ0n) is 12.4. The topological polar surface area (TPSA) is 77.2 Å². The van der Waals surface area contributed by atoms with Gasteiger partial charge in [-0.25, -0.2) is 9.48 Å². The summed E-state index contributed by atoms with van der Waals surface area (Å²) >= 11 is 1.49. The monoisotopic (exact) mass is 309 g/mol. The van der Waals surface area contributed by atoms with E-state index in [9.17, 15) is 9.90 Å². The van der Waals surface area contributed by atoms with E-state index in [1.807, 2.05) is 24.4 Å². The maximum atomic E-state index is 12.0. The van der Waals surface area contributed by atoms with Crippen LogP contribution in [-0.4, -0.2) is 38.3 Å². The van der Waals surface area contributed by atoms with Crippen molar-refractivity contribution in [3.8, 4) is 10.6 Å². The first-order chi connectivity index (χ1) is 9.98. The Morgan fingerprint density at radius 2 is 2.29 bits per heavy atom. The molecule has 0 fully saturated rings. The van der Waals surface area contributed by atoms with E-state index in [-0.39, 0.29) is 18.8 Å². The predicted molar refractivity (Wildman–Crippen MR) is 80.2 cm³/mol. The summed E-state index contributed by atoms with van der Waals surface area (Å²) in [6.45, 7) is 5.92. The van der Waals surface area contributed by atoms with Crippen LogP contribution in [0.1, 0.15) is 37.7 Å². The zero-order valence-corrected chi connectivity index (χ0v) is 13.2. The van der Waals surface area contributed by atoms with E-state index in [0.717, 1.165) is 4.88 Å². The van der Waals surface area contributed by atoms with Crippen molar-refractivity contribution in [2.45, 2.75) is 39.3 Å². The molecule has 0 aliphatic carbocycles. The van der Waals surface area contributed by atoms with E-state index in [2.05, 4.69) is 10.3 Å². The highest BCUT2D eigenvalue weighted by Gasteiger charge is 2.27. The van der Waals surface area contributed by atoms with Gasteiger partial charge in [0, 0.05) is 0 Å². The number of esters is 1. The van der Waals surface area contributed by atoms with Crippen molar-refractivity contribution in [1.29, 1.82) is 0 Å². The van der Waals surface area contributed by atoms with Gasteiger partial charge in [-0.2, -0.15) is 0 Å². The highest BCUT2D eigenvalue weighted by Crippen LogP contribution is 2.28. The zero-order chi connectivity index (χ0) is 15.5. The molecule has 7 heteroatoms. The molecule has 2 aromatic heterocycles. The van der Waals surface area contributed by atoms with Crippen molar-refractivity contribution in [2.24, 2.45) is 0 Å². The molecule has 0 aliphatic heterocycles. The number of aromatic nitrogens is 3. The van der Waals surface area contributed by atoms with Crippen molar-refractivity contribution in [1.82, 2.24) is 15.0 Å². The van der Waals surface area contributed by atoms with Crippen LogP contribution in [0.25, 0.3) is 10.6 Å². The third-order valence-corrected chi connectivity index (χ3v) is 4.09. The molecule has 1 unspecified atom stereocenters. The first-order valence-electron chi connectivity index (χ1n) is 6.85. The summed E-state index contributed by atoms with van der Waals surface area (Å²) < 4.78 is 6.59. The Bertz CT molecular complexity index is 605. The van der Waals surface area contributed by atoms with Crippen molar-refractivity contribution < 1.29 is 14.6 Å². The summed E-state index contributed by atoms with van der Waals surface area (Å²) in [6.07, 6.45) is 0.575. The quantitative estimate of drug-likeness (QED) is 0.829. The second-order valence-corrected chi connectivity index (χ2v) is 5.94. The van der Waals surface area contributed by atoms with Gasteiger partial charge in [-0.15, -0.1) is 16.4 Å². The lowest BCUT2D eigenvalue weighted by Crippen LogP contribution is -2.30. The number of carbonyl (C=O) groups is 1. The molecule has 0 saturated heterocycles. The smallest absolute Gasteiger partial charge is 0.361 e. The van der Waals surface area contributed by atoms with Crippen LogP contribution in [0.3, 0.4) is 0 Å². The minimum absolute atomic E-state index is 0.186. The molecular weight excluding hydrogens is 290 g/mol. The fourth-order valence-electron chi connectivity index (χ4n) is 1.85. The van der Waals surface area contributed by atoms with Crippen molar-refractivity contribution in [2.75, 3.05) is 6.61 Å². The summed E-state index contributed by atoms with van der Waals surface area (Å²) in [4.78, 5) is 12.9. The third kappa shape index (κ3) is 3.48. The molecule has 0 amide bonds. The van der Waals surface area contributed by atoms with Gasteiger partial charge in [0.2, 0.25) is 0 Å². The van der Waals surface area contributed by atoms with Crippen LogP contribution < -0.4 is 0 Å². The first kappa shape index (κ1) is 15.7. The summed E-state index contributed by atoms with van der Waals surface area (Å²) in [6, 6.07) is 3.79. The maximum absolute atomic E-state index is 12.0. The Kier molecular flexibility index (Phi) is 4.74. The van der Waals surface area contributed by atoms with Crippen LogP contribution in [0.2, 0.25) is 0 Å². The van der Waals surface area contributed by atoms with Crippen LogP contribution >= 0.6 is 11.3 Å². The maximum Gasteiger partial charge on any atom is 0.361 e. The normalized spacial score (nSPS) is 13.9. The van der Waals surface area contributed by atoms with E-state index in [1.165, 1.54) is 11.3 Å². The minimum Gasteiger partial charge on any atom is -0.461 e. The predicted octanol–water partition coefficient (Wildman–Crippen LogP) is 2.34. The molecule has 0 radical (unpaired) electrons. The van der Waals surface area contributed by atoms with Gasteiger partial charge in [0.15, 0.2) is 5.69 Å². The molecule has 2 aromatic rings. The van der Waals surface area contributed by atoms with Crippen molar-refractivity contribution in [3.05, 3.63) is 23.2 Å². The first-order valence-corrected chi connectivity index (χ1v) is 7.73. The van der Waals surface area contributed by atoms with Gasteiger partial charge in [-0.3, -0.25) is 0 Å². The largest absolute Gasteiger partial charge is 0.461 e. The van der Waals surface area contributed by atoms with E-state index >= 15 is 0 Å². The van der Waals surface area contributed by atoms with Crippen LogP contribution in [0, 0.1) is 0 Å². The second-order valence-electron chi connectivity index (χ2n) is 4.99. The summed E-state index contributed by atoms with van der Waals surface area (Å²) in [5, 5.41) is 20.1. The van der Waals surface area contributed by atoms with Gasteiger partial charge in [0.1, 0.15) is 5.69 Å². The van der Waals surface area contributed by atoms with E-state index in [4.69, 9.17) is 4.74 Å². The lowest BCUT2D eigenvalue weighted by Gasteiger charge is -2.21. The van der Waals surface area contributed by atoms with Crippen LogP contribution in [-0.2, 0) is 11.3 Å². The van der Waals surface area contributed by atoms with Crippen molar-refractivity contribution in [3.63, 3.8) is 0 Å². The van der Waals surface area contributed by atoms with Gasteiger partial charge in [0.05, 0.1) is 23.6 Å². The summed E-state index contributed by atoms with van der Waals surface area (Å²) in [5.74, 6) is -0.497. The SMILES string of the molecule is CCOC(=O)c1nnn(CC(C)(O)CC)c1-c1cccs1. The molecule has 0 spiro atoms. The van der Waals surface area contributed by atoms with E-state index in [1.54, 1.807) is 18.5 Å². The molecule has 21 heavy (non-hydrogen) atoms. The molecule has 2 heterocycles. The van der Waals surface area contributed by atoms with Crippen LogP contribution in [0.5, 0.6) is 0 Å². The molecule has 114 valence electrons. The molecule has 0 bridgehead atoms. The lowest BCUT2D eigenvalue weighted by atomic mass is 10.0. The minimum atomic E-state index is -0.911. The number of nitrogens with zero attached hydrogens (tertiary/aromatic N) is 3. The Morgan fingerprint density at radius 3 is 2.86 bits per heavy atom.